The van der Waals surface area contributed by atoms with E-state index in [4.69, 9.17) is 0 Å². The summed E-state index contributed by atoms with van der Waals surface area (Å²) in [5.74, 6) is 3.69. The molecule has 1 aliphatic heterocycles. The molecular weight excluding hydrogens is 170 g/mol. The summed E-state index contributed by atoms with van der Waals surface area (Å²) >= 11 is 0. The van der Waals surface area contributed by atoms with Gasteiger partial charge in [-0.3, -0.25) is 0 Å². The summed E-state index contributed by atoms with van der Waals surface area (Å²) in [6, 6.07) is 0. The molecule has 0 bridgehead atoms. The highest BCUT2D eigenvalue weighted by molar-refractivity contribution is 4.83. The fraction of sp³-hybridized carbons (Fsp3) is 1.00. The maximum absolute atomic E-state index is 3.55. The monoisotopic (exact) mass is 197 g/mol. The molecule has 0 aromatic rings. The van der Waals surface area contributed by atoms with Gasteiger partial charge < -0.3 is 5.32 Å². The number of rotatable bonds is 4. The molecule has 0 aromatic heterocycles. The van der Waals surface area contributed by atoms with Crippen molar-refractivity contribution in [2.75, 3.05) is 13.1 Å². The lowest BCUT2D eigenvalue weighted by Crippen LogP contribution is -2.42. The molecule has 84 valence electrons. The van der Waals surface area contributed by atoms with Crippen LogP contribution in [0.3, 0.4) is 0 Å². The summed E-state index contributed by atoms with van der Waals surface area (Å²) < 4.78 is 0. The number of hydrogen-bond acceptors (Lipinski definition) is 1. The summed E-state index contributed by atoms with van der Waals surface area (Å²) in [5.41, 5.74) is 0. The predicted octanol–water partition coefficient (Wildman–Crippen LogP) is 3.30. The molecule has 1 nitrogen and oxygen atoms in total. The van der Waals surface area contributed by atoms with Crippen LogP contribution in [-0.2, 0) is 0 Å². The van der Waals surface area contributed by atoms with E-state index in [1.165, 1.54) is 32.4 Å². The van der Waals surface area contributed by atoms with Gasteiger partial charge in [0.05, 0.1) is 0 Å². The van der Waals surface area contributed by atoms with E-state index in [-0.39, 0.29) is 0 Å². The van der Waals surface area contributed by atoms with E-state index in [0.717, 1.165) is 23.7 Å². The number of nitrogens with one attached hydrogen (secondary N) is 1. The molecule has 1 aliphatic rings. The standard InChI is InChI=1S/C13H27N/c1-5-11(6-2)12-7-8-14-9-13(12)10(3)4/h10-14H,5-9H2,1-4H3. The van der Waals surface area contributed by atoms with Gasteiger partial charge in [-0.15, -0.1) is 0 Å². The second-order valence-corrected chi connectivity index (χ2v) is 5.14. The van der Waals surface area contributed by atoms with Crippen LogP contribution >= 0.6 is 0 Å². The van der Waals surface area contributed by atoms with Gasteiger partial charge in [-0.05, 0) is 43.2 Å². The number of hydrogen-bond donors (Lipinski definition) is 1. The normalized spacial score (nSPS) is 28.7. The molecular formula is C13H27N. The van der Waals surface area contributed by atoms with E-state index in [2.05, 4.69) is 33.0 Å². The Morgan fingerprint density at radius 3 is 2.29 bits per heavy atom. The van der Waals surface area contributed by atoms with Gasteiger partial charge in [0.1, 0.15) is 0 Å². The minimum Gasteiger partial charge on any atom is -0.316 e. The van der Waals surface area contributed by atoms with Gasteiger partial charge in [-0.2, -0.15) is 0 Å². The van der Waals surface area contributed by atoms with E-state index in [9.17, 15) is 0 Å². The maximum atomic E-state index is 3.55. The first-order valence-corrected chi connectivity index (χ1v) is 6.41. The molecule has 2 unspecified atom stereocenters. The van der Waals surface area contributed by atoms with Gasteiger partial charge in [-0.1, -0.05) is 40.5 Å². The number of piperidine rings is 1. The van der Waals surface area contributed by atoms with Crippen molar-refractivity contribution in [3.8, 4) is 0 Å². The van der Waals surface area contributed by atoms with Crippen LogP contribution in [0, 0.1) is 23.7 Å². The molecule has 1 heteroatoms. The van der Waals surface area contributed by atoms with Crippen molar-refractivity contribution in [3.63, 3.8) is 0 Å². The molecule has 0 aromatic carbocycles. The van der Waals surface area contributed by atoms with Crippen LogP contribution in [-0.4, -0.2) is 13.1 Å². The van der Waals surface area contributed by atoms with Crippen molar-refractivity contribution in [2.24, 2.45) is 23.7 Å². The lowest BCUT2D eigenvalue weighted by Gasteiger charge is -2.39. The summed E-state index contributed by atoms with van der Waals surface area (Å²) in [4.78, 5) is 0. The first-order chi connectivity index (χ1) is 6.70. The highest BCUT2D eigenvalue weighted by atomic mass is 14.9. The van der Waals surface area contributed by atoms with E-state index < -0.39 is 0 Å². The third-order valence-electron chi connectivity index (χ3n) is 4.09. The van der Waals surface area contributed by atoms with Crippen LogP contribution in [0.1, 0.15) is 47.0 Å². The average molecular weight is 197 g/mol. The quantitative estimate of drug-likeness (QED) is 0.729. The van der Waals surface area contributed by atoms with Gasteiger partial charge in [0.2, 0.25) is 0 Å². The first-order valence-electron chi connectivity index (χ1n) is 6.41. The Hall–Kier alpha value is -0.0400. The molecule has 0 spiro atoms. The predicted molar refractivity (Wildman–Crippen MR) is 63.4 cm³/mol. The largest absolute Gasteiger partial charge is 0.316 e. The molecule has 0 amide bonds. The topological polar surface area (TPSA) is 12.0 Å². The Kier molecular flexibility index (Phi) is 4.94. The van der Waals surface area contributed by atoms with Gasteiger partial charge in [0.15, 0.2) is 0 Å². The zero-order valence-corrected chi connectivity index (χ0v) is 10.3. The Morgan fingerprint density at radius 1 is 1.14 bits per heavy atom. The third kappa shape index (κ3) is 2.73. The maximum Gasteiger partial charge on any atom is -0.00153 e. The Bertz CT molecular complexity index is 149. The minimum atomic E-state index is 0.841. The Labute approximate surface area is 89.7 Å². The molecule has 1 rings (SSSR count). The molecule has 0 radical (unpaired) electrons. The first kappa shape index (κ1) is 12.0. The van der Waals surface area contributed by atoms with Crippen molar-refractivity contribution in [2.45, 2.75) is 47.0 Å². The molecule has 14 heavy (non-hydrogen) atoms. The van der Waals surface area contributed by atoms with Gasteiger partial charge >= 0.3 is 0 Å². The van der Waals surface area contributed by atoms with Crippen molar-refractivity contribution in [1.29, 1.82) is 0 Å². The lowest BCUT2D eigenvalue weighted by atomic mass is 9.71. The summed E-state index contributed by atoms with van der Waals surface area (Å²) in [6.45, 7) is 12.0. The van der Waals surface area contributed by atoms with Crippen LogP contribution in [0.2, 0.25) is 0 Å². The van der Waals surface area contributed by atoms with Crippen molar-refractivity contribution < 1.29 is 0 Å². The average Bonchev–Trinajstić information content (AvgIpc) is 2.20. The zero-order chi connectivity index (χ0) is 10.6. The summed E-state index contributed by atoms with van der Waals surface area (Å²) in [7, 11) is 0. The molecule has 1 fully saturated rings. The second kappa shape index (κ2) is 5.75. The van der Waals surface area contributed by atoms with Crippen molar-refractivity contribution in [3.05, 3.63) is 0 Å². The Morgan fingerprint density at radius 2 is 1.79 bits per heavy atom. The van der Waals surface area contributed by atoms with Crippen LogP contribution in [0.5, 0.6) is 0 Å². The minimum absolute atomic E-state index is 0.841. The van der Waals surface area contributed by atoms with Gasteiger partial charge in [0, 0.05) is 0 Å². The highest BCUT2D eigenvalue weighted by Gasteiger charge is 2.31. The smallest absolute Gasteiger partial charge is 0.00153 e. The van der Waals surface area contributed by atoms with Gasteiger partial charge in [0.25, 0.3) is 0 Å². The molecule has 1 heterocycles. The van der Waals surface area contributed by atoms with Crippen LogP contribution in [0.4, 0.5) is 0 Å². The fourth-order valence-electron chi connectivity index (χ4n) is 3.11. The van der Waals surface area contributed by atoms with Gasteiger partial charge in [-0.25, -0.2) is 0 Å². The zero-order valence-electron chi connectivity index (χ0n) is 10.3. The van der Waals surface area contributed by atoms with E-state index in [0.29, 0.717) is 0 Å². The third-order valence-corrected chi connectivity index (χ3v) is 4.09. The SMILES string of the molecule is CCC(CC)C1CCNCC1C(C)C. The molecule has 1 N–H and O–H groups in total. The van der Waals surface area contributed by atoms with Crippen LogP contribution in [0.15, 0.2) is 0 Å². The second-order valence-electron chi connectivity index (χ2n) is 5.14. The van der Waals surface area contributed by atoms with E-state index >= 15 is 0 Å². The van der Waals surface area contributed by atoms with Crippen molar-refractivity contribution >= 4 is 0 Å². The highest BCUT2D eigenvalue weighted by Crippen LogP contribution is 2.35. The fourth-order valence-corrected chi connectivity index (χ4v) is 3.11. The van der Waals surface area contributed by atoms with E-state index in [1.807, 2.05) is 0 Å². The molecule has 0 saturated carbocycles. The molecule has 2 atom stereocenters. The summed E-state index contributed by atoms with van der Waals surface area (Å²) in [6.07, 6.45) is 4.13. The molecule has 1 saturated heterocycles. The van der Waals surface area contributed by atoms with Crippen LogP contribution < -0.4 is 5.32 Å². The van der Waals surface area contributed by atoms with Crippen molar-refractivity contribution in [1.82, 2.24) is 5.32 Å². The molecule has 0 aliphatic carbocycles. The summed E-state index contributed by atoms with van der Waals surface area (Å²) in [5, 5.41) is 3.55. The lowest BCUT2D eigenvalue weighted by molar-refractivity contribution is 0.127. The van der Waals surface area contributed by atoms with Crippen LogP contribution in [0.25, 0.3) is 0 Å². The Balaban J connectivity index is 2.61. The van der Waals surface area contributed by atoms with E-state index in [1.54, 1.807) is 0 Å².